The van der Waals surface area contributed by atoms with Gasteiger partial charge in [-0.2, -0.15) is 5.10 Å². The number of carbonyl (C=O) groups is 1. The van der Waals surface area contributed by atoms with E-state index in [0.29, 0.717) is 17.5 Å². The van der Waals surface area contributed by atoms with E-state index < -0.39 is 0 Å². The number of carbonyl (C=O) groups excluding carboxylic acids is 1. The molecular formula is C21H17FN4O2S. The smallest absolute Gasteiger partial charge is 0.278 e. The van der Waals surface area contributed by atoms with Crippen molar-refractivity contribution in [3.63, 3.8) is 0 Å². The van der Waals surface area contributed by atoms with Gasteiger partial charge in [-0.05, 0) is 35.4 Å². The van der Waals surface area contributed by atoms with Gasteiger partial charge in [0.05, 0.1) is 6.20 Å². The summed E-state index contributed by atoms with van der Waals surface area (Å²) in [6.07, 6.45) is 5.10. The predicted molar refractivity (Wildman–Crippen MR) is 108 cm³/mol. The Morgan fingerprint density at radius 2 is 1.90 bits per heavy atom. The van der Waals surface area contributed by atoms with Gasteiger partial charge in [0.1, 0.15) is 18.1 Å². The first-order valence-electron chi connectivity index (χ1n) is 8.87. The Balaban J connectivity index is 1.28. The largest absolute Gasteiger partial charge is 0.431 e. The molecule has 2 heterocycles. The lowest BCUT2D eigenvalue weighted by Crippen LogP contribution is -2.27. The number of benzene rings is 2. The van der Waals surface area contributed by atoms with Gasteiger partial charge < -0.3 is 10.1 Å². The van der Waals surface area contributed by atoms with E-state index in [-0.39, 0.29) is 18.3 Å². The van der Waals surface area contributed by atoms with Crippen LogP contribution >= 0.6 is 11.3 Å². The molecule has 8 heteroatoms. The molecule has 0 spiro atoms. The van der Waals surface area contributed by atoms with Crippen LogP contribution in [0.5, 0.6) is 10.9 Å². The molecular weight excluding hydrogens is 391 g/mol. The van der Waals surface area contributed by atoms with Crippen LogP contribution in [0.1, 0.15) is 5.56 Å². The summed E-state index contributed by atoms with van der Waals surface area (Å²) in [6.45, 7) is 0.509. The number of rotatable bonds is 7. The molecule has 0 aliphatic heterocycles. The number of hydrogen-bond donors (Lipinski definition) is 1. The second kappa shape index (κ2) is 8.66. The third-order valence-electron chi connectivity index (χ3n) is 4.14. The van der Waals surface area contributed by atoms with Crippen LogP contribution in [0, 0.1) is 5.82 Å². The van der Waals surface area contributed by atoms with Crippen LogP contribution in [0.2, 0.25) is 0 Å². The molecule has 0 aliphatic carbocycles. The normalized spacial score (nSPS) is 10.7. The Kier molecular flexibility index (Phi) is 5.62. The molecule has 0 aliphatic rings. The maximum Gasteiger partial charge on any atom is 0.278 e. The fraction of sp³-hybridized carbons (Fsp3) is 0.0952. The summed E-state index contributed by atoms with van der Waals surface area (Å²) in [5.41, 5.74) is 2.63. The number of amides is 1. The highest BCUT2D eigenvalue weighted by Gasteiger charge is 2.07. The number of hydrogen-bond acceptors (Lipinski definition) is 5. The van der Waals surface area contributed by atoms with Crippen molar-refractivity contribution in [2.24, 2.45) is 0 Å². The SMILES string of the molecule is O=C(Cn1cc(-c2ccc(F)cc2)cn1)NCc1ccc(Oc2nccs2)cc1. The van der Waals surface area contributed by atoms with Crippen LogP contribution in [0.15, 0.2) is 72.5 Å². The minimum atomic E-state index is -0.289. The Morgan fingerprint density at radius 1 is 1.10 bits per heavy atom. The van der Waals surface area contributed by atoms with E-state index in [1.54, 1.807) is 35.4 Å². The van der Waals surface area contributed by atoms with Crippen molar-refractivity contribution in [2.75, 3.05) is 0 Å². The van der Waals surface area contributed by atoms with Crippen LogP contribution in [-0.2, 0) is 17.9 Å². The van der Waals surface area contributed by atoms with Crippen LogP contribution in [0.3, 0.4) is 0 Å². The highest BCUT2D eigenvalue weighted by Crippen LogP contribution is 2.23. The van der Waals surface area contributed by atoms with Crippen molar-refractivity contribution in [1.29, 1.82) is 0 Å². The van der Waals surface area contributed by atoms with Gasteiger partial charge in [-0.15, -0.1) is 0 Å². The van der Waals surface area contributed by atoms with E-state index >= 15 is 0 Å². The highest BCUT2D eigenvalue weighted by atomic mass is 32.1. The lowest BCUT2D eigenvalue weighted by Gasteiger charge is -2.07. The van der Waals surface area contributed by atoms with Gasteiger partial charge in [0, 0.05) is 29.9 Å². The van der Waals surface area contributed by atoms with E-state index in [1.165, 1.54) is 23.5 Å². The highest BCUT2D eigenvalue weighted by molar-refractivity contribution is 7.11. The summed E-state index contributed by atoms with van der Waals surface area (Å²) < 4.78 is 20.2. The third-order valence-corrected chi connectivity index (χ3v) is 4.79. The van der Waals surface area contributed by atoms with Crippen molar-refractivity contribution >= 4 is 17.2 Å². The van der Waals surface area contributed by atoms with E-state index in [9.17, 15) is 9.18 Å². The molecule has 2 aromatic heterocycles. The van der Waals surface area contributed by atoms with Crippen LogP contribution in [-0.4, -0.2) is 20.7 Å². The minimum absolute atomic E-state index is 0.104. The maximum atomic E-state index is 13.0. The van der Waals surface area contributed by atoms with Gasteiger partial charge in [0.25, 0.3) is 5.19 Å². The summed E-state index contributed by atoms with van der Waals surface area (Å²) in [7, 11) is 0. The molecule has 0 bridgehead atoms. The van der Waals surface area contributed by atoms with E-state index in [1.807, 2.05) is 29.6 Å². The summed E-state index contributed by atoms with van der Waals surface area (Å²) in [5.74, 6) is 0.255. The van der Waals surface area contributed by atoms with Crippen molar-refractivity contribution in [3.8, 4) is 22.1 Å². The zero-order chi connectivity index (χ0) is 20.1. The Bertz CT molecular complexity index is 1080. The number of ether oxygens (including phenoxy) is 1. The first-order valence-corrected chi connectivity index (χ1v) is 9.75. The number of nitrogens with one attached hydrogen (secondary N) is 1. The molecule has 1 amide bonds. The van der Waals surface area contributed by atoms with Crippen LogP contribution < -0.4 is 10.1 Å². The summed E-state index contributed by atoms with van der Waals surface area (Å²) in [5, 5.41) is 9.50. The molecule has 146 valence electrons. The lowest BCUT2D eigenvalue weighted by molar-refractivity contribution is -0.122. The van der Waals surface area contributed by atoms with E-state index in [0.717, 1.165) is 16.7 Å². The summed E-state index contributed by atoms with van der Waals surface area (Å²) in [6, 6.07) is 13.6. The van der Waals surface area contributed by atoms with E-state index in [2.05, 4.69) is 15.4 Å². The first kappa shape index (κ1) is 18.8. The molecule has 0 saturated carbocycles. The second-order valence-corrected chi connectivity index (χ2v) is 7.11. The van der Waals surface area contributed by atoms with Gasteiger partial charge >= 0.3 is 0 Å². The molecule has 0 radical (unpaired) electrons. The van der Waals surface area contributed by atoms with Crippen molar-refractivity contribution in [2.45, 2.75) is 13.1 Å². The molecule has 0 saturated heterocycles. The maximum absolute atomic E-state index is 13.0. The zero-order valence-electron chi connectivity index (χ0n) is 15.3. The fourth-order valence-corrected chi connectivity index (χ4v) is 3.19. The van der Waals surface area contributed by atoms with Gasteiger partial charge in [-0.1, -0.05) is 35.6 Å². The van der Waals surface area contributed by atoms with Crippen molar-refractivity contribution in [1.82, 2.24) is 20.1 Å². The first-order chi connectivity index (χ1) is 14.2. The topological polar surface area (TPSA) is 69.0 Å². The molecule has 0 atom stereocenters. The predicted octanol–water partition coefficient (Wildman–Crippen LogP) is 4.25. The molecule has 4 aromatic rings. The number of thiazole rings is 1. The standard InChI is InChI=1S/C21H17FN4O2S/c22-18-5-3-16(4-6-18)17-12-25-26(13-17)14-20(27)24-11-15-1-7-19(8-2-15)28-21-23-9-10-29-21/h1-10,12-13H,11,14H2,(H,24,27). The molecule has 2 aromatic carbocycles. The fourth-order valence-electron chi connectivity index (χ4n) is 2.68. The van der Waals surface area contributed by atoms with Crippen LogP contribution in [0.4, 0.5) is 4.39 Å². The average molecular weight is 408 g/mol. The summed E-state index contributed by atoms with van der Waals surface area (Å²) in [4.78, 5) is 16.3. The van der Waals surface area contributed by atoms with Gasteiger partial charge in [-0.25, -0.2) is 9.37 Å². The number of aromatic nitrogens is 3. The zero-order valence-corrected chi connectivity index (χ0v) is 16.1. The van der Waals surface area contributed by atoms with Crippen molar-refractivity contribution in [3.05, 3.63) is 83.9 Å². The molecule has 6 nitrogen and oxygen atoms in total. The molecule has 1 N–H and O–H groups in total. The average Bonchev–Trinajstić information content (AvgIpc) is 3.40. The molecule has 29 heavy (non-hydrogen) atoms. The molecule has 4 rings (SSSR count). The minimum Gasteiger partial charge on any atom is -0.431 e. The van der Waals surface area contributed by atoms with Gasteiger partial charge in [-0.3, -0.25) is 9.48 Å². The van der Waals surface area contributed by atoms with E-state index in [4.69, 9.17) is 4.74 Å². The number of nitrogens with zero attached hydrogens (tertiary/aromatic N) is 3. The molecule has 0 fully saturated rings. The second-order valence-electron chi connectivity index (χ2n) is 6.25. The van der Waals surface area contributed by atoms with Gasteiger partial charge in [0.15, 0.2) is 0 Å². The Hall–Kier alpha value is -3.52. The molecule has 0 unspecified atom stereocenters. The Labute approximate surface area is 170 Å². The lowest BCUT2D eigenvalue weighted by atomic mass is 10.1. The van der Waals surface area contributed by atoms with Crippen molar-refractivity contribution < 1.29 is 13.9 Å². The summed E-state index contributed by atoms with van der Waals surface area (Å²) >= 11 is 1.42. The van der Waals surface area contributed by atoms with Crippen LogP contribution in [0.25, 0.3) is 11.1 Å². The third kappa shape index (κ3) is 5.05. The number of halogens is 1. The van der Waals surface area contributed by atoms with Gasteiger partial charge in [0.2, 0.25) is 5.91 Å². The Morgan fingerprint density at radius 3 is 2.62 bits per heavy atom. The quantitative estimate of drug-likeness (QED) is 0.496. The monoisotopic (exact) mass is 408 g/mol.